The smallest absolute Gasteiger partial charge is 0.192 e. The molecule has 3 rings (SSSR count). The Hall–Kier alpha value is -1.58. The lowest BCUT2D eigenvalue weighted by Gasteiger charge is -2.23. The van der Waals surface area contributed by atoms with E-state index in [0.29, 0.717) is 18.6 Å². The summed E-state index contributed by atoms with van der Waals surface area (Å²) in [5.41, 5.74) is 1.07. The number of nitrogens with zero attached hydrogens (tertiary/aromatic N) is 1. The summed E-state index contributed by atoms with van der Waals surface area (Å²) in [6.07, 6.45) is 5.00. The number of aliphatic imine (C=N–C) groups is 1. The summed E-state index contributed by atoms with van der Waals surface area (Å²) >= 11 is 0. The van der Waals surface area contributed by atoms with Crippen LogP contribution >= 0.6 is 0 Å². The largest absolute Gasteiger partial charge is 0.352 e. The molecule has 1 aromatic carbocycles. The molecule has 1 aromatic rings. The van der Waals surface area contributed by atoms with E-state index < -0.39 is 0 Å². The van der Waals surface area contributed by atoms with Crippen LogP contribution in [0.1, 0.15) is 31.2 Å². The van der Waals surface area contributed by atoms with E-state index in [0.717, 1.165) is 11.5 Å². The highest BCUT2D eigenvalue weighted by molar-refractivity contribution is 5.82. The third-order valence-corrected chi connectivity index (χ3v) is 3.72. The van der Waals surface area contributed by atoms with E-state index in [1.165, 1.54) is 37.8 Å². The molecule has 18 heavy (non-hydrogen) atoms. The summed E-state index contributed by atoms with van der Waals surface area (Å²) in [5, 5.41) is 6.73. The van der Waals surface area contributed by atoms with Crippen molar-refractivity contribution in [1.29, 1.82) is 0 Å². The number of halogens is 1. The molecular formula is C14H18FN3. The lowest BCUT2D eigenvalue weighted by molar-refractivity contribution is 0.384. The van der Waals surface area contributed by atoms with E-state index in [2.05, 4.69) is 15.6 Å². The molecule has 96 valence electrons. The van der Waals surface area contributed by atoms with Gasteiger partial charge in [0, 0.05) is 6.54 Å². The fourth-order valence-electron chi connectivity index (χ4n) is 2.70. The molecule has 0 unspecified atom stereocenters. The van der Waals surface area contributed by atoms with Gasteiger partial charge in [0.1, 0.15) is 5.82 Å². The molecule has 0 saturated heterocycles. The van der Waals surface area contributed by atoms with Crippen molar-refractivity contribution in [2.75, 3.05) is 0 Å². The molecule has 0 aromatic heterocycles. The first-order valence-electron chi connectivity index (χ1n) is 6.64. The van der Waals surface area contributed by atoms with Crippen LogP contribution in [0.5, 0.6) is 0 Å². The molecule has 2 aliphatic rings. The predicted molar refractivity (Wildman–Crippen MR) is 69.9 cm³/mol. The number of benzene rings is 1. The zero-order valence-corrected chi connectivity index (χ0v) is 10.3. The standard InChI is InChI=1S/C14H18FN3/c15-11-7-5-10(6-8-11)9-16-14-17-12-3-1-2-4-13(12)18-14/h5-8,12-13H,1-4,9H2,(H2,16,17,18)/t12-,13+. The Balaban J connectivity index is 1.56. The van der Waals surface area contributed by atoms with Crippen LogP contribution in [0.15, 0.2) is 29.3 Å². The summed E-state index contributed by atoms with van der Waals surface area (Å²) in [6, 6.07) is 7.54. The molecule has 1 aliphatic carbocycles. The Labute approximate surface area is 106 Å². The fraction of sp³-hybridized carbons (Fsp3) is 0.500. The second-order valence-corrected chi connectivity index (χ2v) is 5.06. The first-order valence-corrected chi connectivity index (χ1v) is 6.64. The first-order chi connectivity index (χ1) is 8.81. The second-order valence-electron chi connectivity index (χ2n) is 5.06. The van der Waals surface area contributed by atoms with E-state index in [1.807, 2.05) is 0 Å². The number of guanidine groups is 1. The molecule has 4 heteroatoms. The van der Waals surface area contributed by atoms with E-state index >= 15 is 0 Å². The van der Waals surface area contributed by atoms with Crippen molar-refractivity contribution in [3.05, 3.63) is 35.6 Å². The van der Waals surface area contributed by atoms with Gasteiger partial charge in [0.2, 0.25) is 0 Å². The van der Waals surface area contributed by atoms with Gasteiger partial charge >= 0.3 is 0 Å². The molecule has 2 N–H and O–H groups in total. The van der Waals surface area contributed by atoms with Gasteiger partial charge in [-0.15, -0.1) is 0 Å². The Morgan fingerprint density at radius 2 is 2.00 bits per heavy atom. The minimum Gasteiger partial charge on any atom is -0.352 e. The highest BCUT2D eigenvalue weighted by atomic mass is 19.1. The van der Waals surface area contributed by atoms with Gasteiger partial charge in [-0.1, -0.05) is 25.0 Å². The molecule has 1 saturated carbocycles. The van der Waals surface area contributed by atoms with Gasteiger partial charge in [0.15, 0.2) is 5.96 Å². The van der Waals surface area contributed by atoms with E-state index in [1.54, 1.807) is 12.1 Å². The molecule has 0 bridgehead atoms. The maximum atomic E-state index is 12.8. The van der Waals surface area contributed by atoms with E-state index in [4.69, 9.17) is 0 Å². The van der Waals surface area contributed by atoms with Crippen molar-refractivity contribution in [3.63, 3.8) is 0 Å². The molecule has 0 amide bonds. The van der Waals surface area contributed by atoms with Crippen molar-refractivity contribution >= 4 is 5.96 Å². The van der Waals surface area contributed by atoms with Crippen molar-refractivity contribution in [3.8, 4) is 0 Å². The van der Waals surface area contributed by atoms with Crippen LogP contribution in [0.3, 0.4) is 0 Å². The lowest BCUT2D eigenvalue weighted by atomic mass is 9.92. The predicted octanol–water partition coefficient (Wildman–Crippen LogP) is 2.19. The molecule has 1 heterocycles. The third kappa shape index (κ3) is 2.47. The molecular weight excluding hydrogens is 229 g/mol. The zero-order chi connectivity index (χ0) is 12.4. The fourth-order valence-corrected chi connectivity index (χ4v) is 2.70. The minimum atomic E-state index is -0.193. The summed E-state index contributed by atoms with van der Waals surface area (Å²) < 4.78 is 12.8. The van der Waals surface area contributed by atoms with Crippen LogP contribution in [0.4, 0.5) is 4.39 Å². The van der Waals surface area contributed by atoms with Gasteiger partial charge in [-0.2, -0.15) is 0 Å². The molecule has 1 fully saturated rings. The SMILES string of the molecule is Fc1ccc(CNC2=N[C@@H]3CCCC[C@@H]3N2)cc1. The van der Waals surface area contributed by atoms with Crippen LogP contribution in [-0.4, -0.2) is 18.0 Å². The van der Waals surface area contributed by atoms with Crippen LogP contribution in [-0.2, 0) is 6.54 Å². The molecule has 0 radical (unpaired) electrons. The highest BCUT2D eigenvalue weighted by Crippen LogP contribution is 2.24. The molecule has 2 atom stereocenters. The van der Waals surface area contributed by atoms with Gasteiger partial charge in [-0.05, 0) is 30.5 Å². The maximum Gasteiger partial charge on any atom is 0.192 e. The van der Waals surface area contributed by atoms with E-state index in [9.17, 15) is 4.39 Å². The van der Waals surface area contributed by atoms with Gasteiger partial charge in [0.25, 0.3) is 0 Å². The van der Waals surface area contributed by atoms with Crippen molar-refractivity contribution in [2.24, 2.45) is 4.99 Å². The lowest BCUT2D eigenvalue weighted by Crippen LogP contribution is -2.41. The Bertz CT molecular complexity index is 441. The van der Waals surface area contributed by atoms with Gasteiger partial charge in [-0.25, -0.2) is 9.38 Å². The number of nitrogens with one attached hydrogen (secondary N) is 2. The molecule has 1 aliphatic heterocycles. The maximum absolute atomic E-state index is 12.8. The van der Waals surface area contributed by atoms with Gasteiger partial charge in [-0.3, -0.25) is 0 Å². The van der Waals surface area contributed by atoms with Crippen LogP contribution < -0.4 is 10.6 Å². The monoisotopic (exact) mass is 247 g/mol. The number of rotatable bonds is 2. The first kappa shape index (κ1) is 11.5. The summed E-state index contributed by atoms with van der Waals surface area (Å²) in [4.78, 5) is 4.66. The highest BCUT2D eigenvalue weighted by Gasteiger charge is 2.30. The normalized spacial score (nSPS) is 26.2. The molecule has 0 spiro atoms. The van der Waals surface area contributed by atoms with Crippen LogP contribution in [0, 0.1) is 5.82 Å². The minimum absolute atomic E-state index is 0.193. The van der Waals surface area contributed by atoms with Crippen molar-refractivity contribution in [1.82, 2.24) is 10.6 Å². The summed E-state index contributed by atoms with van der Waals surface area (Å²) in [5.74, 6) is 0.706. The number of hydrogen-bond donors (Lipinski definition) is 2. The average molecular weight is 247 g/mol. The third-order valence-electron chi connectivity index (χ3n) is 3.72. The quantitative estimate of drug-likeness (QED) is 0.840. The van der Waals surface area contributed by atoms with Crippen molar-refractivity contribution < 1.29 is 4.39 Å². The van der Waals surface area contributed by atoms with Gasteiger partial charge < -0.3 is 10.6 Å². The van der Waals surface area contributed by atoms with Crippen LogP contribution in [0.2, 0.25) is 0 Å². The Morgan fingerprint density at radius 1 is 1.22 bits per heavy atom. The average Bonchev–Trinajstić information content (AvgIpc) is 2.81. The number of fused-ring (bicyclic) bond motifs is 1. The van der Waals surface area contributed by atoms with E-state index in [-0.39, 0.29) is 5.82 Å². The van der Waals surface area contributed by atoms with Gasteiger partial charge in [0.05, 0.1) is 12.1 Å². The summed E-state index contributed by atoms with van der Waals surface area (Å²) in [6.45, 7) is 0.686. The van der Waals surface area contributed by atoms with Crippen LogP contribution in [0.25, 0.3) is 0 Å². The summed E-state index contributed by atoms with van der Waals surface area (Å²) in [7, 11) is 0. The van der Waals surface area contributed by atoms with Crippen molar-refractivity contribution in [2.45, 2.75) is 44.3 Å². The topological polar surface area (TPSA) is 36.4 Å². The Morgan fingerprint density at radius 3 is 2.78 bits per heavy atom. The number of hydrogen-bond acceptors (Lipinski definition) is 3. The second kappa shape index (κ2) is 4.96. The zero-order valence-electron chi connectivity index (χ0n) is 10.3. The molecule has 3 nitrogen and oxygen atoms in total. The Kier molecular flexibility index (Phi) is 3.17.